The van der Waals surface area contributed by atoms with Crippen LogP contribution < -0.4 is 9.64 Å². The van der Waals surface area contributed by atoms with Crippen molar-refractivity contribution in [3.8, 4) is 5.75 Å². The Hall–Kier alpha value is -3.61. The van der Waals surface area contributed by atoms with E-state index >= 15 is 0 Å². The normalized spacial score (nSPS) is 15.6. The molecule has 3 aromatic rings. The third-order valence-electron chi connectivity index (χ3n) is 7.05. The molecule has 0 aliphatic carbocycles. The molecular formula is C27H29N3O4. The Bertz CT molecular complexity index is 1250. The van der Waals surface area contributed by atoms with Crippen LogP contribution in [0, 0.1) is 0 Å². The standard InChI is InChI=1S/C27H29N3O4/c1-4-27(2,3)20-9-10-23-22(13-20)30(25(31)17-33-23)15-24-28-21(16-34-24)26(32)29-12-11-18-7-5-6-8-19(18)14-29/h5-10,13,16H,4,11-12,14-15,17H2,1-3H3. The van der Waals surface area contributed by atoms with Crippen molar-refractivity contribution in [1.29, 1.82) is 0 Å². The number of aromatic nitrogens is 1. The summed E-state index contributed by atoms with van der Waals surface area (Å²) in [6.07, 6.45) is 3.18. The highest BCUT2D eigenvalue weighted by Gasteiger charge is 2.30. The molecule has 2 aromatic carbocycles. The molecule has 2 aliphatic heterocycles. The van der Waals surface area contributed by atoms with Gasteiger partial charge in [-0.25, -0.2) is 4.98 Å². The summed E-state index contributed by atoms with van der Waals surface area (Å²) in [6, 6.07) is 14.2. The minimum atomic E-state index is -0.169. The van der Waals surface area contributed by atoms with Crippen LogP contribution in [-0.4, -0.2) is 34.8 Å². The van der Waals surface area contributed by atoms with Gasteiger partial charge in [0, 0.05) is 13.1 Å². The summed E-state index contributed by atoms with van der Waals surface area (Å²) in [7, 11) is 0. The van der Waals surface area contributed by atoms with Gasteiger partial charge in [0.15, 0.2) is 12.3 Å². The molecule has 176 valence electrons. The highest BCUT2D eigenvalue weighted by atomic mass is 16.5. The summed E-state index contributed by atoms with van der Waals surface area (Å²) in [5.74, 6) is 0.648. The monoisotopic (exact) mass is 459 g/mol. The van der Waals surface area contributed by atoms with Crippen molar-refractivity contribution >= 4 is 17.5 Å². The zero-order valence-corrected chi connectivity index (χ0v) is 19.8. The molecule has 0 spiro atoms. The number of anilines is 1. The lowest BCUT2D eigenvalue weighted by molar-refractivity contribution is -0.121. The van der Waals surface area contributed by atoms with Crippen LogP contribution in [-0.2, 0) is 29.7 Å². The molecule has 5 rings (SSSR count). The number of oxazole rings is 1. The summed E-state index contributed by atoms with van der Waals surface area (Å²) < 4.78 is 11.3. The van der Waals surface area contributed by atoms with Gasteiger partial charge in [0.2, 0.25) is 5.89 Å². The Morgan fingerprint density at radius 2 is 1.94 bits per heavy atom. The Balaban J connectivity index is 1.35. The van der Waals surface area contributed by atoms with Gasteiger partial charge in [-0.2, -0.15) is 0 Å². The van der Waals surface area contributed by atoms with Gasteiger partial charge in [0.1, 0.15) is 18.6 Å². The van der Waals surface area contributed by atoms with Crippen LogP contribution >= 0.6 is 0 Å². The molecule has 0 saturated heterocycles. The molecule has 0 unspecified atom stereocenters. The van der Waals surface area contributed by atoms with Crippen molar-refractivity contribution in [2.45, 2.75) is 52.1 Å². The number of ether oxygens (including phenoxy) is 1. The number of benzene rings is 2. The molecule has 7 nitrogen and oxygen atoms in total. The lowest BCUT2D eigenvalue weighted by Crippen LogP contribution is -2.38. The van der Waals surface area contributed by atoms with E-state index in [0.717, 1.165) is 24.0 Å². The largest absolute Gasteiger partial charge is 0.482 e. The van der Waals surface area contributed by atoms with E-state index in [1.54, 1.807) is 9.80 Å². The molecule has 0 N–H and O–H groups in total. The fourth-order valence-electron chi connectivity index (χ4n) is 4.45. The summed E-state index contributed by atoms with van der Waals surface area (Å²) in [6.45, 7) is 7.80. The van der Waals surface area contributed by atoms with Crippen molar-refractivity contribution in [2.24, 2.45) is 0 Å². The number of hydrogen-bond acceptors (Lipinski definition) is 5. The fraction of sp³-hybridized carbons (Fsp3) is 0.370. The number of carbonyl (C=O) groups is 2. The molecule has 1 aromatic heterocycles. The lowest BCUT2D eigenvalue weighted by Gasteiger charge is -2.31. The maximum atomic E-state index is 13.1. The molecule has 3 heterocycles. The Morgan fingerprint density at radius 3 is 2.74 bits per heavy atom. The third kappa shape index (κ3) is 4.06. The van der Waals surface area contributed by atoms with Crippen molar-refractivity contribution in [3.05, 3.63) is 77.0 Å². The Kier molecular flexibility index (Phi) is 5.63. The SMILES string of the molecule is CCC(C)(C)c1ccc2c(c1)N(Cc1nc(C(=O)N3CCc4ccccc4C3)co1)C(=O)CO2. The summed E-state index contributed by atoms with van der Waals surface area (Å²) >= 11 is 0. The van der Waals surface area contributed by atoms with E-state index < -0.39 is 0 Å². The average Bonchev–Trinajstić information content (AvgIpc) is 3.33. The minimum Gasteiger partial charge on any atom is -0.482 e. The van der Waals surface area contributed by atoms with Crippen LogP contribution in [0.15, 0.2) is 53.1 Å². The van der Waals surface area contributed by atoms with E-state index in [2.05, 4.69) is 44.0 Å². The predicted molar refractivity (Wildman–Crippen MR) is 128 cm³/mol. The molecule has 2 amide bonds. The highest BCUT2D eigenvalue weighted by molar-refractivity contribution is 5.98. The average molecular weight is 460 g/mol. The quantitative estimate of drug-likeness (QED) is 0.562. The van der Waals surface area contributed by atoms with Crippen LogP contribution in [0.3, 0.4) is 0 Å². The first-order valence-corrected chi connectivity index (χ1v) is 11.7. The van der Waals surface area contributed by atoms with Crippen molar-refractivity contribution in [2.75, 3.05) is 18.1 Å². The van der Waals surface area contributed by atoms with E-state index in [1.807, 2.05) is 24.3 Å². The Morgan fingerprint density at radius 1 is 1.15 bits per heavy atom. The van der Waals surface area contributed by atoms with Gasteiger partial charge in [-0.1, -0.05) is 51.1 Å². The summed E-state index contributed by atoms with van der Waals surface area (Å²) in [5, 5.41) is 0. The van der Waals surface area contributed by atoms with Crippen LogP contribution in [0.4, 0.5) is 5.69 Å². The highest BCUT2D eigenvalue weighted by Crippen LogP contribution is 2.38. The number of hydrogen-bond donors (Lipinski definition) is 0. The number of carbonyl (C=O) groups excluding carboxylic acids is 2. The van der Waals surface area contributed by atoms with E-state index in [-0.39, 0.29) is 36.1 Å². The maximum absolute atomic E-state index is 13.1. The van der Waals surface area contributed by atoms with E-state index in [9.17, 15) is 9.59 Å². The van der Waals surface area contributed by atoms with Gasteiger partial charge >= 0.3 is 0 Å². The second-order valence-electron chi connectivity index (χ2n) is 9.56. The number of nitrogens with zero attached hydrogens (tertiary/aromatic N) is 3. The number of fused-ring (bicyclic) bond motifs is 2. The van der Waals surface area contributed by atoms with Crippen LogP contribution in [0.25, 0.3) is 0 Å². The molecule has 0 atom stereocenters. The Labute approximate surface area is 199 Å². The van der Waals surface area contributed by atoms with Crippen molar-refractivity contribution < 1.29 is 18.7 Å². The first-order chi connectivity index (χ1) is 16.4. The van der Waals surface area contributed by atoms with Crippen LogP contribution in [0.5, 0.6) is 5.75 Å². The van der Waals surface area contributed by atoms with Crippen molar-refractivity contribution in [3.63, 3.8) is 0 Å². The third-order valence-corrected chi connectivity index (χ3v) is 7.05. The van der Waals surface area contributed by atoms with Gasteiger partial charge in [-0.3, -0.25) is 14.5 Å². The van der Waals surface area contributed by atoms with Gasteiger partial charge in [0.05, 0.1) is 5.69 Å². The second-order valence-corrected chi connectivity index (χ2v) is 9.56. The molecule has 34 heavy (non-hydrogen) atoms. The molecule has 0 fully saturated rings. The fourth-order valence-corrected chi connectivity index (χ4v) is 4.45. The molecule has 2 aliphatic rings. The molecule has 0 radical (unpaired) electrons. The van der Waals surface area contributed by atoms with Gasteiger partial charge in [-0.05, 0) is 47.1 Å². The topological polar surface area (TPSA) is 75.9 Å². The minimum absolute atomic E-state index is 0.0310. The van der Waals surface area contributed by atoms with Crippen LogP contribution in [0.2, 0.25) is 0 Å². The van der Waals surface area contributed by atoms with Crippen molar-refractivity contribution in [1.82, 2.24) is 9.88 Å². The molecule has 0 saturated carbocycles. The van der Waals surface area contributed by atoms with Gasteiger partial charge < -0.3 is 14.1 Å². The lowest BCUT2D eigenvalue weighted by atomic mass is 9.82. The second kappa shape index (κ2) is 8.63. The van der Waals surface area contributed by atoms with Crippen LogP contribution in [0.1, 0.15) is 60.3 Å². The molecule has 7 heteroatoms. The smallest absolute Gasteiger partial charge is 0.276 e. The zero-order chi connectivity index (χ0) is 23.9. The van der Waals surface area contributed by atoms with E-state index in [4.69, 9.17) is 9.15 Å². The number of rotatable bonds is 5. The zero-order valence-electron chi connectivity index (χ0n) is 19.8. The summed E-state index contributed by atoms with van der Waals surface area (Å²) in [5.41, 5.74) is 4.50. The predicted octanol–water partition coefficient (Wildman–Crippen LogP) is 4.49. The van der Waals surface area contributed by atoms with E-state index in [0.29, 0.717) is 30.4 Å². The van der Waals surface area contributed by atoms with Gasteiger partial charge in [-0.15, -0.1) is 0 Å². The molecular weight excluding hydrogens is 430 g/mol. The van der Waals surface area contributed by atoms with Gasteiger partial charge in [0.25, 0.3) is 11.8 Å². The molecule has 0 bridgehead atoms. The first kappa shape index (κ1) is 22.2. The first-order valence-electron chi connectivity index (χ1n) is 11.7. The maximum Gasteiger partial charge on any atom is 0.276 e. The number of amides is 2. The summed E-state index contributed by atoms with van der Waals surface area (Å²) in [4.78, 5) is 33.7. The van der Waals surface area contributed by atoms with E-state index in [1.165, 1.54) is 11.8 Å².